The SMILES string of the molecule is C.CC.CC.CCC(CCc1ccc([N+](C)(C)C)cc1)Cc1ccc([N+](C)(C)C)cc1. The van der Waals surface area contributed by atoms with Gasteiger partial charge in [0.1, 0.15) is 11.4 Å². The fourth-order valence-corrected chi connectivity index (χ4v) is 3.34. The standard InChI is InChI=1S/C24H38N2.2C2H6.CH4/c1-8-20(19-22-13-17-24(18-14-22)26(5,6)7)9-10-21-11-15-23(16-12-21)25(2,3)4;2*1-2;/h11-18,20H,8-10,19H2,1-7H3;2*1-2H3;1H4/q+2;;;. The van der Waals surface area contributed by atoms with Gasteiger partial charge in [-0.3, -0.25) is 8.97 Å². The molecular weight excluding hydrogens is 376 g/mol. The van der Waals surface area contributed by atoms with Gasteiger partial charge in [-0.2, -0.15) is 0 Å². The van der Waals surface area contributed by atoms with Crippen molar-refractivity contribution < 1.29 is 0 Å². The van der Waals surface area contributed by atoms with E-state index in [9.17, 15) is 0 Å². The summed E-state index contributed by atoms with van der Waals surface area (Å²) in [4.78, 5) is 0. The molecule has 2 aromatic rings. The second-order valence-electron chi connectivity index (χ2n) is 9.37. The van der Waals surface area contributed by atoms with E-state index in [1.165, 1.54) is 48.2 Å². The maximum absolute atomic E-state index is 2.32. The third-order valence-corrected chi connectivity index (χ3v) is 5.36. The van der Waals surface area contributed by atoms with Crippen molar-refractivity contribution in [2.24, 2.45) is 5.92 Å². The Kier molecular flexibility index (Phi) is 15.5. The lowest BCUT2D eigenvalue weighted by Crippen LogP contribution is -2.34. The number of benzene rings is 2. The van der Waals surface area contributed by atoms with E-state index in [-0.39, 0.29) is 7.43 Å². The van der Waals surface area contributed by atoms with Crippen LogP contribution < -0.4 is 8.97 Å². The fourth-order valence-electron chi connectivity index (χ4n) is 3.34. The Bertz CT molecular complexity index is 671. The Hall–Kier alpha value is -1.64. The van der Waals surface area contributed by atoms with Gasteiger partial charge in [-0.15, -0.1) is 0 Å². The monoisotopic (exact) mass is 430 g/mol. The van der Waals surface area contributed by atoms with Gasteiger partial charge in [0.25, 0.3) is 0 Å². The van der Waals surface area contributed by atoms with Crippen LogP contribution in [0.5, 0.6) is 0 Å². The van der Waals surface area contributed by atoms with Crippen molar-refractivity contribution in [1.29, 1.82) is 0 Å². The number of rotatable bonds is 8. The molecular formula is C29H54N2+2. The molecule has 2 rings (SSSR count). The highest BCUT2D eigenvalue weighted by Gasteiger charge is 2.14. The number of hydrogen-bond acceptors (Lipinski definition) is 0. The first-order chi connectivity index (χ1) is 14.1. The highest BCUT2D eigenvalue weighted by molar-refractivity contribution is 5.43. The van der Waals surface area contributed by atoms with Crippen LogP contribution in [0.25, 0.3) is 0 Å². The lowest BCUT2D eigenvalue weighted by atomic mass is 9.91. The zero-order valence-electron chi connectivity index (χ0n) is 21.9. The molecule has 31 heavy (non-hydrogen) atoms. The average Bonchev–Trinajstić information content (AvgIpc) is 2.73. The van der Waals surface area contributed by atoms with E-state index in [1.807, 2.05) is 27.7 Å². The van der Waals surface area contributed by atoms with E-state index in [1.54, 1.807) is 0 Å². The lowest BCUT2D eigenvalue weighted by Gasteiger charge is -2.24. The molecule has 2 nitrogen and oxygen atoms in total. The molecule has 0 aliphatic rings. The van der Waals surface area contributed by atoms with Crippen LogP contribution in [0.4, 0.5) is 11.4 Å². The minimum atomic E-state index is 0. The Morgan fingerprint density at radius 1 is 0.613 bits per heavy atom. The molecule has 1 unspecified atom stereocenters. The van der Waals surface area contributed by atoms with Crippen LogP contribution in [0.3, 0.4) is 0 Å². The smallest absolute Gasteiger partial charge is 0.132 e. The number of hydrogen-bond donors (Lipinski definition) is 0. The summed E-state index contributed by atoms with van der Waals surface area (Å²) < 4.78 is 1.75. The van der Waals surface area contributed by atoms with Gasteiger partial charge in [-0.25, -0.2) is 0 Å². The van der Waals surface area contributed by atoms with Crippen LogP contribution in [0.15, 0.2) is 48.5 Å². The highest BCUT2D eigenvalue weighted by Crippen LogP contribution is 2.23. The van der Waals surface area contributed by atoms with Gasteiger partial charge < -0.3 is 0 Å². The second kappa shape index (κ2) is 15.2. The zero-order chi connectivity index (χ0) is 23.4. The summed E-state index contributed by atoms with van der Waals surface area (Å²) in [7, 11) is 13.3. The van der Waals surface area contributed by atoms with Gasteiger partial charge >= 0.3 is 0 Å². The molecule has 0 fully saturated rings. The number of quaternary nitrogens is 2. The van der Waals surface area contributed by atoms with Gasteiger partial charge in [0.05, 0.1) is 42.3 Å². The molecule has 2 heteroatoms. The van der Waals surface area contributed by atoms with Crippen LogP contribution in [0.1, 0.15) is 66.0 Å². The van der Waals surface area contributed by atoms with E-state index in [0.717, 1.165) is 14.9 Å². The van der Waals surface area contributed by atoms with Gasteiger partial charge in [0, 0.05) is 0 Å². The first-order valence-electron chi connectivity index (χ1n) is 11.9. The molecule has 0 radical (unpaired) electrons. The van der Waals surface area contributed by atoms with Gasteiger partial charge in [0.15, 0.2) is 0 Å². The third kappa shape index (κ3) is 11.5. The van der Waals surface area contributed by atoms with Gasteiger partial charge in [-0.05, 0) is 60.6 Å². The minimum Gasteiger partial charge on any atom is -0.298 e. The minimum absolute atomic E-state index is 0. The summed E-state index contributed by atoms with van der Waals surface area (Å²) in [5, 5.41) is 0. The molecule has 0 amide bonds. The van der Waals surface area contributed by atoms with Crippen molar-refractivity contribution in [3.05, 3.63) is 59.7 Å². The van der Waals surface area contributed by atoms with Crippen molar-refractivity contribution in [2.45, 2.75) is 67.7 Å². The predicted octanol–water partition coefficient (Wildman–Crippen LogP) is 7.97. The molecule has 178 valence electrons. The molecule has 0 heterocycles. The molecule has 0 aliphatic heterocycles. The van der Waals surface area contributed by atoms with E-state index in [4.69, 9.17) is 0 Å². The molecule has 0 bridgehead atoms. The van der Waals surface area contributed by atoms with Crippen LogP contribution in [-0.2, 0) is 12.8 Å². The average molecular weight is 431 g/mol. The van der Waals surface area contributed by atoms with Crippen molar-refractivity contribution in [3.63, 3.8) is 0 Å². The molecule has 0 saturated carbocycles. The summed E-state index contributed by atoms with van der Waals surface area (Å²) in [6, 6.07) is 18.4. The topological polar surface area (TPSA) is 0 Å². The van der Waals surface area contributed by atoms with Crippen molar-refractivity contribution in [1.82, 2.24) is 8.97 Å². The van der Waals surface area contributed by atoms with Crippen LogP contribution in [-0.4, -0.2) is 42.3 Å². The van der Waals surface area contributed by atoms with Gasteiger partial charge in [0.2, 0.25) is 0 Å². The van der Waals surface area contributed by atoms with E-state index in [0.29, 0.717) is 0 Å². The normalized spacial score (nSPS) is 11.8. The molecule has 2 aromatic carbocycles. The first kappa shape index (κ1) is 31.5. The van der Waals surface area contributed by atoms with E-state index < -0.39 is 0 Å². The lowest BCUT2D eigenvalue weighted by molar-refractivity contribution is 0.466. The number of nitrogens with zero attached hydrogens (tertiary/aromatic N) is 2. The Labute approximate surface area is 196 Å². The maximum Gasteiger partial charge on any atom is 0.132 e. The van der Waals surface area contributed by atoms with Crippen molar-refractivity contribution in [2.75, 3.05) is 42.3 Å². The summed E-state index contributed by atoms with van der Waals surface area (Å²) >= 11 is 0. The Balaban J connectivity index is 0. The van der Waals surface area contributed by atoms with Crippen LogP contribution in [0, 0.1) is 5.92 Å². The van der Waals surface area contributed by atoms with Crippen LogP contribution in [0.2, 0.25) is 0 Å². The molecule has 0 N–H and O–H groups in total. The van der Waals surface area contributed by atoms with Crippen molar-refractivity contribution in [3.8, 4) is 0 Å². The second-order valence-corrected chi connectivity index (χ2v) is 9.37. The first-order valence-corrected chi connectivity index (χ1v) is 11.9. The predicted molar refractivity (Wildman–Crippen MR) is 147 cm³/mol. The Morgan fingerprint density at radius 2 is 0.968 bits per heavy atom. The quantitative estimate of drug-likeness (QED) is 0.372. The fraction of sp³-hybridized carbons (Fsp3) is 0.586. The number of aryl methyl sites for hydroxylation is 1. The molecule has 0 spiro atoms. The molecule has 0 aliphatic carbocycles. The largest absolute Gasteiger partial charge is 0.298 e. The van der Waals surface area contributed by atoms with Crippen molar-refractivity contribution >= 4 is 11.4 Å². The highest BCUT2D eigenvalue weighted by atomic mass is 15.3. The van der Waals surface area contributed by atoms with E-state index >= 15 is 0 Å². The summed E-state index contributed by atoms with van der Waals surface area (Å²) in [5.41, 5.74) is 5.65. The third-order valence-electron chi connectivity index (χ3n) is 5.36. The van der Waals surface area contributed by atoms with Crippen LogP contribution >= 0.6 is 0 Å². The summed E-state index contributed by atoms with van der Waals surface area (Å²) in [5.74, 6) is 0.753. The molecule has 1 atom stereocenters. The molecule has 0 aromatic heterocycles. The summed E-state index contributed by atoms with van der Waals surface area (Å²) in [6.07, 6.45) is 4.86. The summed E-state index contributed by atoms with van der Waals surface area (Å²) in [6.45, 7) is 10.3. The van der Waals surface area contributed by atoms with Gasteiger partial charge in [-0.1, -0.05) is 72.7 Å². The maximum atomic E-state index is 2.32. The Morgan fingerprint density at radius 3 is 1.29 bits per heavy atom. The molecule has 0 saturated heterocycles. The zero-order valence-corrected chi connectivity index (χ0v) is 21.9. The van der Waals surface area contributed by atoms with E-state index in [2.05, 4.69) is 97.7 Å².